The highest BCUT2D eigenvalue weighted by Crippen LogP contribution is 2.44. The van der Waals surface area contributed by atoms with Crippen LogP contribution in [0, 0.1) is 5.41 Å². The van der Waals surface area contributed by atoms with Gasteiger partial charge >= 0.3 is 5.97 Å². The molecule has 7 heteroatoms. The molecule has 3 aromatic rings. The summed E-state index contributed by atoms with van der Waals surface area (Å²) in [6, 6.07) is 12.0. The molecule has 1 aliphatic rings. The van der Waals surface area contributed by atoms with Gasteiger partial charge in [-0.2, -0.15) is 0 Å². The Bertz CT molecular complexity index is 1070. The first kappa shape index (κ1) is 20.9. The molecule has 0 aliphatic heterocycles. The summed E-state index contributed by atoms with van der Waals surface area (Å²) in [6.45, 7) is 5.06. The van der Waals surface area contributed by atoms with Gasteiger partial charge in [-0.3, -0.25) is 4.72 Å². The van der Waals surface area contributed by atoms with E-state index in [4.69, 9.17) is 0 Å². The van der Waals surface area contributed by atoms with Crippen molar-refractivity contribution in [3.63, 3.8) is 0 Å². The number of pyridine rings is 1. The van der Waals surface area contributed by atoms with Crippen molar-refractivity contribution >= 4 is 40.9 Å². The van der Waals surface area contributed by atoms with E-state index >= 15 is 0 Å². The van der Waals surface area contributed by atoms with Crippen LogP contribution in [0.4, 0.5) is 10.8 Å². The number of hydrogen-bond donors (Lipinski definition) is 4. The number of carbonyl (C=O) groups is 1. The van der Waals surface area contributed by atoms with Crippen molar-refractivity contribution < 1.29 is 9.90 Å². The van der Waals surface area contributed by atoms with E-state index in [1.54, 1.807) is 11.3 Å². The number of benzene rings is 1. The number of fused-ring (bicyclic) bond motifs is 1. The largest absolute Gasteiger partial charge is 0.478 e. The molecule has 1 aromatic carbocycles. The highest BCUT2D eigenvalue weighted by Gasteiger charge is 2.32. The molecule has 5 nitrogen and oxygen atoms in total. The lowest BCUT2D eigenvalue weighted by molar-refractivity contribution is 0.0696. The fraction of sp³-hybridized carbons (Fsp3) is 0.304. The number of carboxylic acid groups (broad SMARTS) is 1. The molecule has 156 valence electrons. The Morgan fingerprint density at radius 2 is 2.07 bits per heavy atom. The van der Waals surface area contributed by atoms with Crippen LogP contribution in [0.2, 0.25) is 0 Å². The van der Waals surface area contributed by atoms with Crippen LogP contribution in [0.25, 0.3) is 11.1 Å². The van der Waals surface area contributed by atoms with E-state index in [-0.39, 0.29) is 5.41 Å². The predicted octanol–water partition coefficient (Wildman–Crippen LogP) is 5.70. The molecule has 0 spiro atoms. The molecular weight excluding hydrogens is 414 g/mol. The molecule has 0 amide bonds. The number of hydrogen-bond acceptors (Lipinski definition) is 6. The number of rotatable bonds is 6. The number of aryl methyl sites for hydroxylation is 1. The van der Waals surface area contributed by atoms with Crippen LogP contribution in [0.3, 0.4) is 0 Å². The average Bonchev–Trinajstić information content (AvgIpc) is 3.05. The van der Waals surface area contributed by atoms with Crippen LogP contribution in [0.5, 0.6) is 0 Å². The lowest BCUT2D eigenvalue weighted by Crippen LogP contribution is -2.22. The maximum Gasteiger partial charge on any atom is 0.339 e. The molecule has 1 aliphatic carbocycles. The minimum absolute atomic E-state index is 0.130. The smallest absolute Gasteiger partial charge is 0.339 e. The minimum Gasteiger partial charge on any atom is -0.478 e. The van der Waals surface area contributed by atoms with Gasteiger partial charge in [0.2, 0.25) is 0 Å². The molecule has 0 radical (unpaired) electrons. The second-order valence-electron chi connectivity index (χ2n) is 8.40. The van der Waals surface area contributed by atoms with Crippen molar-refractivity contribution in [3.05, 3.63) is 64.2 Å². The second kappa shape index (κ2) is 8.41. The molecule has 4 rings (SSSR count). The predicted molar refractivity (Wildman–Crippen MR) is 126 cm³/mol. The third-order valence-electron chi connectivity index (χ3n) is 5.59. The van der Waals surface area contributed by atoms with Gasteiger partial charge in [-0.15, -0.1) is 11.3 Å². The summed E-state index contributed by atoms with van der Waals surface area (Å²) in [6.07, 6.45) is 4.62. The summed E-state index contributed by atoms with van der Waals surface area (Å²) in [7, 11) is 0. The minimum atomic E-state index is -0.877. The van der Waals surface area contributed by atoms with E-state index in [1.165, 1.54) is 4.88 Å². The molecule has 30 heavy (non-hydrogen) atoms. The number of anilines is 2. The Balaban J connectivity index is 1.62. The van der Waals surface area contributed by atoms with Gasteiger partial charge in [-0.05, 0) is 53.5 Å². The Kier molecular flexibility index (Phi) is 5.86. The summed E-state index contributed by atoms with van der Waals surface area (Å²) in [5.41, 5.74) is 4.75. The number of aromatic carboxylic acids is 1. The Morgan fingerprint density at radius 1 is 1.27 bits per heavy atom. The fourth-order valence-electron chi connectivity index (χ4n) is 4.02. The molecule has 0 bridgehead atoms. The topological polar surface area (TPSA) is 74.2 Å². The molecule has 2 heterocycles. The summed E-state index contributed by atoms with van der Waals surface area (Å²) in [5.74, 6) is -0.235. The van der Waals surface area contributed by atoms with Gasteiger partial charge in [0.15, 0.2) is 0 Å². The number of thiophene rings is 1. The third-order valence-corrected chi connectivity index (χ3v) is 6.96. The highest BCUT2D eigenvalue weighted by molar-refractivity contribution is 7.78. The number of carboxylic acids is 1. The fourth-order valence-corrected chi connectivity index (χ4v) is 5.41. The molecular formula is C23H25N3O2S2. The van der Waals surface area contributed by atoms with Crippen LogP contribution < -0.4 is 10.0 Å². The van der Waals surface area contributed by atoms with Crippen LogP contribution in [-0.4, -0.2) is 16.1 Å². The van der Waals surface area contributed by atoms with Crippen molar-refractivity contribution in [2.75, 3.05) is 5.32 Å². The maximum atomic E-state index is 12.0. The zero-order valence-electron chi connectivity index (χ0n) is 17.0. The molecule has 0 saturated carbocycles. The van der Waals surface area contributed by atoms with E-state index in [1.807, 2.05) is 30.5 Å². The molecule has 0 unspecified atom stereocenters. The lowest BCUT2D eigenvalue weighted by atomic mass is 9.76. The maximum absolute atomic E-state index is 12.0. The Labute approximate surface area is 186 Å². The summed E-state index contributed by atoms with van der Waals surface area (Å²) in [4.78, 5) is 17.8. The van der Waals surface area contributed by atoms with E-state index in [0.717, 1.165) is 41.5 Å². The monoisotopic (exact) mass is 439 g/mol. The third kappa shape index (κ3) is 4.24. The average molecular weight is 440 g/mol. The van der Waals surface area contributed by atoms with Gasteiger partial charge in [0.05, 0.1) is 5.56 Å². The summed E-state index contributed by atoms with van der Waals surface area (Å²) >= 11 is 5.66. The Morgan fingerprint density at radius 3 is 2.77 bits per heavy atom. The van der Waals surface area contributed by atoms with E-state index in [9.17, 15) is 9.90 Å². The first-order valence-electron chi connectivity index (χ1n) is 9.94. The zero-order chi connectivity index (χ0) is 21.3. The highest BCUT2D eigenvalue weighted by atomic mass is 32.1. The lowest BCUT2D eigenvalue weighted by Gasteiger charge is -2.29. The van der Waals surface area contributed by atoms with Crippen molar-refractivity contribution in [2.24, 2.45) is 5.41 Å². The standard InChI is InChI=1S/C23H25N3O2S2/c1-23(2)10-9-18-17(11-23)20(22(27)28)21(30-18)26-19-8-7-15(12-24-19)16-6-4-3-5-14(16)13-25-29/h3-8,12,25,29H,9-11,13H2,1-2H3,(H,24,26)(H,27,28). The number of nitrogens with one attached hydrogen (secondary N) is 2. The van der Waals surface area contributed by atoms with E-state index in [2.05, 4.69) is 53.8 Å². The number of aromatic nitrogens is 1. The first-order chi connectivity index (χ1) is 14.4. The van der Waals surface area contributed by atoms with Gasteiger partial charge < -0.3 is 10.4 Å². The zero-order valence-corrected chi connectivity index (χ0v) is 18.7. The SMILES string of the molecule is CC1(C)CCc2sc(Nc3ccc(-c4ccccc4CNS)cn3)c(C(=O)O)c2C1. The van der Waals surface area contributed by atoms with Gasteiger partial charge in [0.1, 0.15) is 10.8 Å². The molecule has 0 atom stereocenters. The number of thiol groups is 1. The first-order valence-corrected chi connectivity index (χ1v) is 11.2. The van der Waals surface area contributed by atoms with Crippen LogP contribution in [0.15, 0.2) is 42.6 Å². The van der Waals surface area contributed by atoms with E-state index < -0.39 is 5.97 Å². The van der Waals surface area contributed by atoms with Crippen LogP contribution in [0.1, 0.15) is 46.6 Å². The van der Waals surface area contributed by atoms with E-state index in [0.29, 0.717) is 22.9 Å². The normalized spacial score (nSPS) is 14.9. The quantitative estimate of drug-likeness (QED) is 0.371. The summed E-state index contributed by atoms with van der Waals surface area (Å²) < 4.78 is 2.89. The molecule has 0 fully saturated rings. The summed E-state index contributed by atoms with van der Waals surface area (Å²) in [5, 5.41) is 13.8. The van der Waals surface area contributed by atoms with Gasteiger partial charge in [-0.25, -0.2) is 9.78 Å². The molecule has 2 aromatic heterocycles. The van der Waals surface area contributed by atoms with Crippen molar-refractivity contribution in [3.8, 4) is 11.1 Å². The van der Waals surface area contributed by atoms with Crippen molar-refractivity contribution in [2.45, 2.75) is 39.7 Å². The van der Waals surface area contributed by atoms with Gasteiger partial charge in [0.25, 0.3) is 0 Å². The van der Waals surface area contributed by atoms with Crippen LogP contribution >= 0.6 is 24.2 Å². The van der Waals surface area contributed by atoms with Crippen molar-refractivity contribution in [1.29, 1.82) is 0 Å². The molecule has 3 N–H and O–H groups in total. The second-order valence-corrected chi connectivity index (χ2v) is 9.82. The Hall–Kier alpha value is -2.35. The van der Waals surface area contributed by atoms with Crippen molar-refractivity contribution in [1.82, 2.24) is 9.71 Å². The van der Waals surface area contributed by atoms with Gasteiger partial charge in [-0.1, -0.05) is 50.9 Å². The van der Waals surface area contributed by atoms with Gasteiger partial charge in [0, 0.05) is 23.2 Å². The van der Waals surface area contributed by atoms with Crippen LogP contribution in [-0.2, 0) is 19.4 Å². The number of nitrogens with zero attached hydrogens (tertiary/aromatic N) is 1. The molecule has 0 saturated heterocycles.